The summed E-state index contributed by atoms with van der Waals surface area (Å²) in [6, 6.07) is 7.35. The average molecular weight is 251 g/mol. The van der Waals surface area contributed by atoms with Gasteiger partial charge in [-0.2, -0.15) is 11.8 Å². The number of nitrogens with one attached hydrogen (secondary N) is 1. The number of aliphatic carboxylic acids is 1. The smallest absolute Gasteiger partial charge is 0.326 e. The molecule has 0 spiro atoms. The molecule has 2 N–H and O–H groups in total. The summed E-state index contributed by atoms with van der Waals surface area (Å²) < 4.78 is 0. The first-order chi connectivity index (χ1) is 8.18. The Balaban J connectivity index is 2.12. The molecule has 1 aromatic rings. The number of thioether (sulfide) groups is 1. The molecule has 0 radical (unpaired) electrons. The summed E-state index contributed by atoms with van der Waals surface area (Å²) in [4.78, 5) is 11.3. The Morgan fingerprint density at radius 1 is 1.53 bits per heavy atom. The number of hydrogen-bond acceptors (Lipinski definition) is 3. The second-order valence-corrected chi connectivity index (χ2v) is 5.55. The SMILES string of the molecule is Cc1ccccc1NC(C(=O)O)C1CCSC1. The molecule has 2 rings (SSSR count). The molecule has 1 heterocycles. The van der Waals surface area contributed by atoms with E-state index in [1.165, 1.54) is 0 Å². The minimum Gasteiger partial charge on any atom is -0.480 e. The second-order valence-electron chi connectivity index (χ2n) is 4.40. The van der Waals surface area contributed by atoms with Gasteiger partial charge in [0, 0.05) is 5.69 Å². The summed E-state index contributed by atoms with van der Waals surface area (Å²) in [5, 5.41) is 12.5. The van der Waals surface area contributed by atoms with Crippen LogP contribution >= 0.6 is 11.8 Å². The average Bonchev–Trinajstić information content (AvgIpc) is 2.81. The molecule has 3 nitrogen and oxygen atoms in total. The zero-order chi connectivity index (χ0) is 12.3. The molecule has 0 saturated carbocycles. The molecule has 1 aliphatic heterocycles. The zero-order valence-electron chi connectivity index (χ0n) is 9.85. The molecule has 1 fully saturated rings. The first-order valence-electron chi connectivity index (χ1n) is 5.81. The molecule has 2 unspecified atom stereocenters. The van der Waals surface area contributed by atoms with Crippen LogP contribution in [0.25, 0.3) is 0 Å². The summed E-state index contributed by atoms with van der Waals surface area (Å²) in [7, 11) is 0. The summed E-state index contributed by atoms with van der Waals surface area (Å²) >= 11 is 1.84. The predicted octanol–water partition coefficient (Wildman–Crippen LogP) is 2.61. The van der Waals surface area contributed by atoms with E-state index in [0.717, 1.165) is 29.2 Å². The van der Waals surface area contributed by atoms with Crippen LogP contribution in [0.15, 0.2) is 24.3 Å². The van der Waals surface area contributed by atoms with Gasteiger partial charge in [0.05, 0.1) is 0 Å². The molecule has 2 atom stereocenters. The molecule has 0 aliphatic carbocycles. The Bertz CT molecular complexity index is 402. The van der Waals surface area contributed by atoms with Gasteiger partial charge in [0.25, 0.3) is 0 Å². The van der Waals surface area contributed by atoms with Crippen LogP contribution in [0.2, 0.25) is 0 Å². The van der Waals surface area contributed by atoms with E-state index in [2.05, 4.69) is 5.32 Å². The van der Waals surface area contributed by atoms with Crippen molar-refractivity contribution in [3.05, 3.63) is 29.8 Å². The molecule has 1 aromatic carbocycles. The quantitative estimate of drug-likeness (QED) is 0.863. The first-order valence-corrected chi connectivity index (χ1v) is 6.96. The normalized spacial score (nSPS) is 21.1. The van der Waals surface area contributed by atoms with Crippen molar-refractivity contribution in [3.63, 3.8) is 0 Å². The topological polar surface area (TPSA) is 49.3 Å². The van der Waals surface area contributed by atoms with E-state index in [4.69, 9.17) is 0 Å². The van der Waals surface area contributed by atoms with Crippen molar-refractivity contribution in [1.29, 1.82) is 0 Å². The standard InChI is InChI=1S/C13H17NO2S/c1-9-4-2-3-5-11(9)14-12(13(15)16)10-6-7-17-8-10/h2-5,10,12,14H,6-8H2,1H3,(H,15,16). The maximum Gasteiger partial charge on any atom is 0.326 e. The number of carboxylic acid groups (broad SMARTS) is 1. The van der Waals surface area contributed by atoms with Gasteiger partial charge in [-0.25, -0.2) is 4.79 Å². The third-order valence-corrected chi connectivity index (χ3v) is 4.35. The first kappa shape index (κ1) is 12.3. The molecule has 4 heteroatoms. The van der Waals surface area contributed by atoms with Crippen molar-refractivity contribution >= 4 is 23.4 Å². The third kappa shape index (κ3) is 2.94. The van der Waals surface area contributed by atoms with Crippen LogP contribution in [0.4, 0.5) is 5.69 Å². The Morgan fingerprint density at radius 2 is 2.29 bits per heavy atom. The van der Waals surface area contributed by atoms with Gasteiger partial charge in [0.15, 0.2) is 0 Å². The van der Waals surface area contributed by atoms with Gasteiger partial charge in [0.2, 0.25) is 0 Å². The van der Waals surface area contributed by atoms with Crippen LogP contribution in [-0.4, -0.2) is 28.6 Å². The van der Waals surface area contributed by atoms with Crippen molar-refractivity contribution in [2.75, 3.05) is 16.8 Å². The number of carboxylic acids is 1. The van der Waals surface area contributed by atoms with E-state index in [-0.39, 0.29) is 5.92 Å². The van der Waals surface area contributed by atoms with E-state index < -0.39 is 12.0 Å². The van der Waals surface area contributed by atoms with Gasteiger partial charge in [-0.3, -0.25) is 0 Å². The van der Waals surface area contributed by atoms with Gasteiger partial charge in [-0.15, -0.1) is 0 Å². The molecule has 0 amide bonds. The van der Waals surface area contributed by atoms with Crippen molar-refractivity contribution in [3.8, 4) is 0 Å². The fourth-order valence-corrected chi connectivity index (χ4v) is 3.40. The lowest BCUT2D eigenvalue weighted by atomic mass is 9.98. The highest BCUT2D eigenvalue weighted by Crippen LogP contribution is 2.28. The lowest BCUT2D eigenvalue weighted by molar-refractivity contribution is -0.138. The third-order valence-electron chi connectivity index (χ3n) is 3.16. The molecular formula is C13H17NO2S. The van der Waals surface area contributed by atoms with Crippen LogP contribution < -0.4 is 5.32 Å². The van der Waals surface area contributed by atoms with Crippen molar-refractivity contribution in [2.45, 2.75) is 19.4 Å². The van der Waals surface area contributed by atoms with Gasteiger partial charge >= 0.3 is 5.97 Å². The number of rotatable bonds is 4. The highest BCUT2D eigenvalue weighted by molar-refractivity contribution is 7.99. The lowest BCUT2D eigenvalue weighted by Gasteiger charge is -2.22. The molecule has 1 saturated heterocycles. The summed E-state index contributed by atoms with van der Waals surface area (Å²) in [6.07, 6.45) is 0.987. The van der Waals surface area contributed by atoms with E-state index in [1.807, 2.05) is 43.0 Å². The minimum atomic E-state index is -0.749. The molecular weight excluding hydrogens is 234 g/mol. The fourth-order valence-electron chi connectivity index (χ4n) is 2.10. The van der Waals surface area contributed by atoms with Crippen molar-refractivity contribution < 1.29 is 9.90 Å². The van der Waals surface area contributed by atoms with E-state index in [1.54, 1.807) is 0 Å². The predicted molar refractivity (Wildman–Crippen MR) is 71.7 cm³/mol. The maximum atomic E-state index is 11.3. The zero-order valence-corrected chi connectivity index (χ0v) is 10.7. The lowest BCUT2D eigenvalue weighted by Crippen LogP contribution is -2.37. The molecule has 17 heavy (non-hydrogen) atoms. The number of anilines is 1. The van der Waals surface area contributed by atoms with Crippen LogP contribution in [-0.2, 0) is 4.79 Å². The molecule has 0 bridgehead atoms. The Hall–Kier alpha value is -1.16. The fraction of sp³-hybridized carbons (Fsp3) is 0.462. The Kier molecular flexibility index (Phi) is 3.94. The van der Waals surface area contributed by atoms with Crippen LogP contribution in [0, 0.1) is 12.8 Å². The van der Waals surface area contributed by atoms with Gasteiger partial charge in [-0.05, 0) is 42.4 Å². The van der Waals surface area contributed by atoms with E-state index >= 15 is 0 Å². The van der Waals surface area contributed by atoms with Crippen molar-refractivity contribution in [1.82, 2.24) is 0 Å². The maximum absolute atomic E-state index is 11.3. The van der Waals surface area contributed by atoms with E-state index in [0.29, 0.717) is 0 Å². The number of carbonyl (C=O) groups is 1. The highest BCUT2D eigenvalue weighted by atomic mass is 32.2. The van der Waals surface area contributed by atoms with Crippen LogP contribution in [0.5, 0.6) is 0 Å². The summed E-state index contributed by atoms with van der Waals surface area (Å²) in [5.74, 6) is 1.50. The number of hydrogen-bond donors (Lipinski definition) is 2. The summed E-state index contributed by atoms with van der Waals surface area (Å²) in [6.45, 7) is 1.99. The summed E-state index contributed by atoms with van der Waals surface area (Å²) in [5.41, 5.74) is 2.02. The van der Waals surface area contributed by atoms with Gasteiger partial charge in [0.1, 0.15) is 6.04 Å². The highest BCUT2D eigenvalue weighted by Gasteiger charge is 2.30. The van der Waals surface area contributed by atoms with Gasteiger partial charge < -0.3 is 10.4 Å². The monoisotopic (exact) mass is 251 g/mol. The number of aryl methyl sites for hydroxylation is 1. The largest absolute Gasteiger partial charge is 0.480 e. The van der Waals surface area contributed by atoms with Crippen molar-refractivity contribution in [2.24, 2.45) is 5.92 Å². The Labute approximate surface area is 106 Å². The Morgan fingerprint density at radius 3 is 2.88 bits per heavy atom. The number of para-hydroxylation sites is 1. The number of benzene rings is 1. The molecule has 1 aliphatic rings. The van der Waals surface area contributed by atoms with E-state index in [9.17, 15) is 9.90 Å². The molecule has 92 valence electrons. The second kappa shape index (κ2) is 5.45. The van der Waals surface area contributed by atoms with Crippen LogP contribution in [0.1, 0.15) is 12.0 Å². The van der Waals surface area contributed by atoms with Crippen LogP contribution in [0.3, 0.4) is 0 Å². The van der Waals surface area contributed by atoms with Gasteiger partial charge in [-0.1, -0.05) is 18.2 Å². The minimum absolute atomic E-state index is 0.233. The molecule has 0 aromatic heterocycles.